The second-order valence-electron chi connectivity index (χ2n) is 4.73. The fourth-order valence-corrected chi connectivity index (χ4v) is 2.15. The molecule has 1 heterocycles. The van der Waals surface area contributed by atoms with Gasteiger partial charge in [-0.1, -0.05) is 12.1 Å². The standard InChI is InChI=1S/C15H19NO4/c1-19-15(18)12-6-4-11(5-7-12)8-9-16-14(17)13-3-2-10-20-13/h4-7,13H,2-3,8-10H2,1H3,(H,16,17). The van der Waals surface area contributed by atoms with Crippen molar-refractivity contribution in [2.24, 2.45) is 0 Å². The van der Waals surface area contributed by atoms with Crippen molar-refractivity contribution in [3.05, 3.63) is 35.4 Å². The van der Waals surface area contributed by atoms with Crippen LogP contribution in [0.3, 0.4) is 0 Å². The van der Waals surface area contributed by atoms with Gasteiger partial charge in [-0.2, -0.15) is 0 Å². The van der Waals surface area contributed by atoms with Crippen LogP contribution in [-0.4, -0.2) is 38.2 Å². The summed E-state index contributed by atoms with van der Waals surface area (Å²) in [4.78, 5) is 23.0. The molecule has 1 N–H and O–H groups in total. The van der Waals surface area contributed by atoms with Gasteiger partial charge >= 0.3 is 5.97 Å². The van der Waals surface area contributed by atoms with Gasteiger partial charge in [-0.15, -0.1) is 0 Å². The Balaban J connectivity index is 1.76. The molecule has 0 bridgehead atoms. The second-order valence-corrected chi connectivity index (χ2v) is 4.73. The van der Waals surface area contributed by atoms with Crippen LogP contribution in [0.4, 0.5) is 0 Å². The van der Waals surface area contributed by atoms with E-state index in [4.69, 9.17) is 4.74 Å². The van der Waals surface area contributed by atoms with Crippen LogP contribution >= 0.6 is 0 Å². The van der Waals surface area contributed by atoms with Gasteiger partial charge in [0.05, 0.1) is 12.7 Å². The molecule has 0 spiro atoms. The summed E-state index contributed by atoms with van der Waals surface area (Å²) in [6, 6.07) is 7.18. The zero-order chi connectivity index (χ0) is 14.4. The van der Waals surface area contributed by atoms with Gasteiger partial charge < -0.3 is 14.8 Å². The highest BCUT2D eigenvalue weighted by atomic mass is 16.5. The molecule has 1 aromatic rings. The third-order valence-corrected chi connectivity index (χ3v) is 3.31. The average Bonchev–Trinajstić information content (AvgIpc) is 3.01. The van der Waals surface area contributed by atoms with E-state index in [1.807, 2.05) is 12.1 Å². The van der Waals surface area contributed by atoms with Crippen molar-refractivity contribution in [1.82, 2.24) is 5.32 Å². The van der Waals surface area contributed by atoms with Crippen LogP contribution in [0.2, 0.25) is 0 Å². The first-order valence-corrected chi connectivity index (χ1v) is 6.77. The van der Waals surface area contributed by atoms with Crippen LogP contribution in [0.1, 0.15) is 28.8 Å². The number of nitrogens with one attached hydrogen (secondary N) is 1. The first kappa shape index (κ1) is 14.5. The molecule has 1 unspecified atom stereocenters. The van der Waals surface area contributed by atoms with E-state index in [2.05, 4.69) is 10.1 Å². The van der Waals surface area contributed by atoms with E-state index in [1.165, 1.54) is 7.11 Å². The normalized spacial score (nSPS) is 17.8. The summed E-state index contributed by atoms with van der Waals surface area (Å²) in [7, 11) is 1.36. The lowest BCUT2D eigenvalue weighted by Gasteiger charge is -2.10. The van der Waals surface area contributed by atoms with Gasteiger partial charge in [0.1, 0.15) is 6.10 Å². The summed E-state index contributed by atoms with van der Waals surface area (Å²) < 4.78 is 9.94. The topological polar surface area (TPSA) is 64.6 Å². The molecule has 108 valence electrons. The van der Waals surface area contributed by atoms with Crippen molar-refractivity contribution >= 4 is 11.9 Å². The Morgan fingerprint density at radius 2 is 2.10 bits per heavy atom. The molecule has 0 saturated carbocycles. The number of ether oxygens (including phenoxy) is 2. The Morgan fingerprint density at radius 3 is 2.70 bits per heavy atom. The number of esters is 1. The van der Waals surface area contributed by atoms with Crippen molar-refractivity contribution in [2.75, 3.05) is 20.3 Å². The lowest BCUT2D eigenvalue weighted by molar-refractivity contribution is -0.129. The van der Waals surface area contributed by atoms with Gasteiger partial charge in [0.25, 0.3) is 0 Å². The van der Waals surface area contributed by atoms with Gasteiger partial charge in [-0.05, 0) is 37.0 Å². The molecule has 1 saturated heterocycles. The monoisotopic (exact) mass is 277 g/mol. The molecule has 0 aliphatic carbocycles. The summed E-state index contributed by atoms with van der Waals surface area (Å²) in [5.74, 6) is -0.378. The van der Waals surface area contributed by atoms with E-state index >= 15 is 0 Å². The Labute approximate surface area is 118 Å². The summed E-state index contributed by atoms with van der Waals surface area (Å²) in [5, 5.41) is 2.87. The molecule has 5 nitrogen and oxygen atoms in total. The number of carbonyl (C=O) groups is 2. The largest absolute Gasteiger partial charge is 0.465 e. The zero-order valence-corrected chi connectivity index (χ0v) is 11.6. The highest BCUT2D eigenvalue weighted by Crippen LogP contribution is 2.11. The minimum Gasteiger partial charge on any atom is -0.465 e. The SMILES string of the molecule is COC(=O)c1ccc(CCNC(=O)C2CCCO2)cc1. The predicted molar refractivity (Wildman–Crippen MR) is 73.5 cm³/mol. The molecule has 1 aliphatic rings. The van der Waals surface area contributed by atoms with Gasteiger partial charge in [0.2, 0.25) is 5.91 Å². The van der Waals surface area contributed by atoms with E-state index in [1.54, 1.807) is 12.1 Å². The van der Waals surface area contributed by atoms with Crippen LogP contribution in [0.5, 0.6) is 0 Å². The minimum atomic E-state index is -0.344. The van der Waals surface area contributed by atoms with Gasteiger partial charge in [-0.3, -0.25) is 4.79 Å². The van der Waals surface area contributed by atoms with Crippen molar-refractivity contribution in [1.29, 1.82) is 0 Å². The molecular weight excluding hydrogens is 258 g/mol. The average molecular weight is 277 g/mol. The first-order chi connectivity index (χ1) is 9.70. The molecule has 1 atom stereocenters. The Bertz CT molecular complexity index is 463. The molecule has 1 fully saturated rings. The van der Waals surface area contributed by atoms with Crippen molar-refractivity contribution < 1.29 is 19.1 Å². The Morgan fingerprint density at radius 1 is 1.35 bits per heavy atom. The number of amides is 1. The summed E-state index contributed by atoms with van der Waals surface area (Å²) in [6.07, 6.45) is 2.20. The van der Waals surface area contributed by atoms with Crippen LogP contribution in [0.15, 0.2) is 24.3 Å². The van der Waals surface area contributed by atoms with E-state index in [-0.39, 0.29) is 18.0 Å². The molecule has 0 aromatic heterocycles. The van der Waals surface area contributed by atoms with Crippen LogP contribution in [-0.2, 0) is 20.7 Å². The van der Waals surface area contributed by atoms with E-state index < -0.39 is 0 Å². The van der Waals surface area contributed by atoms with Crippen molar-refractivity contribution in [3.63, 3.8) is 0 Å². The summed E-state index contributed by atoms with van der Waals surface area (Å²) >= 11 is 0. The number of rotatable bonds is 5. The van der Waals surface area contributed by atoms with Crippen molar-refractivity contribution in [3.8, 4) is 0 Å². The number of hydrogen-bond donors (Lipinski definition) is 1. The quantitative estimate of drug-likeness (QED) is 0.824. The number of methoxy groups -OCH3 is 1. The Hall–Kier alpha value is -1.88. The second kappa shape index (κ2) is 7.05. The fraction of sp³-hybridized carbons (Fsp3) is 0.467. The third kappa shape index (κ3) is 3.81. The number of benzene rings is 1. The van der Waals surface area contributed by atoms with Gasteiger partial charge in [0, 0.05) is 13.2 Å². The van der Waals surface area contributed by atoms with E-state index in [0.29, 0.717) is 18.7 Å². The fourth-order valence-electron chi connectivity index (χ4n) is 2.15. The zero-order valence-electron chi connectivity index (χ0n) is 11.6. The smallest absolute Gasteiger partial charge is 0.337 e. The maximum absolute atomic E-state index is 11.7. The maximum atomic E-state index is 11.7. The molecule has 1 aromatic carbocycles. The molecule has 5 heteroatoms. The van der Waals surface area contributed by atoms with Crippen LogP contribution in [0.25, 0.3) is 0 Å². The van der Waals surface area contributed by atoms with E-state index in [9.17, 15) is 9.59 Å². The summed E-state index contributed by atoms with van der Waals surface area (Å²) in [6.45, 7) is 1.24. The molecule has 20 heavy (non-hydrogen) atoms. The molecule has 2 rings (SSSR count). The third-order valence-electron chi connectivity index (χ3n) is 3.31. The van der Waals surface area contributed by atoms with Crippen LogP contribution in [0, 0.1) is 0 Å². The molecule has 0 radical (unpaired) electrons. The number of hydrogen-bond acceptors (Lipinski definition) is 4. The summed E-state index contributed by atoms with van der Waals surface area (Å²) in [5.41, 5.74) is 1.59. The van der Waals surface area contributed by atoms with Crippen LogP contribution < -0.4 is 5.32 Å². The van der Waals surface area contributed by atoms with Gasteiger partial charge in [-0.25, -0.2) is 4.79 Å². The highest BCUT2D eigenvalue weighted by molar-refractivity contribution is 5.89. The molecule has 1 amide bonds. The molecule has 1 aliphatic heterocycles. The predicted octanol–water partition coefficient (Wildman–Crippen LogP) is 1.31. The maximum Gasteiger partial charge on any atom is 0.337 e. The lowest BCUT2D eigenvalue weighted by Crippen LogP contribution is -2.35. The van der Waals surface area contributed by atoms with Gasteiger partial charge in [0.15, 0.2) is 0 Å². The van der Waals surface area contributed by atoms with Crippen molar-refractivity contribution in [2.45, 2.75) is 25.4 Å². The highest BCUT2D eigenvalue weighted by Gasteiger charge is 2.22. The first-order valence-electron chi connectivity index (χ1n) is 6.77. The Kier molecular flexibility index (Phi) is 5.12. The van der Waals surface area contributed by atoms with E-state index in [0.717, 1.165) is 24.8 Å². The number of carbonyl (C=O) groups excluding carboxylic acids is 2. The molecular formula is C15H19NO4. The lowest BCUT2D eigenvalue weighted by atomic mass is 10.1. The minimum absolute atomic E-state index is 0.0336.